The van der Waals surface area contributed by atoms with Crippen LogP contribution in [0.1, 0.15) is 96.9 Å². The number of rotatable bonds is 32. The van der Waals surface area contributed by atoms with Gasteiger partial charge >= 0.3 is 5.97 Å². The zero-order valence-electron chi connectivity index (χ0n) is 51.4. The zero-order valence-corrected chi connectivity index (χ0v) is 51.4. The van der Waals surface area contributed by atoms with Gasteiger partial charge in [0.15, 0.2) is 11.7 Å². The van der Waals surface area contributed by atoms with Crippen LogP contribution in [-0.2, 0) is 62.3 Å². The summed E-state index contributed by atoms with van der Waals surface area (Å²) in [5.74, 6) is -12.9. The fraction of sp³-hybridized carbons (Fsp3) is 0.582. The van der Waals surface area contributed by atoms with Gasteiger partial charge < -0.3 is 105 Å². The van der Waals surface area contributed by atoms with Crippen LogP contribution >= 0.6 is 0 Å². The van der Waals surface area contributed by atoms with E-state index in [4.69, 9.17) is 16.6 Å². The number of anilines is 2. The number of carboxylic acids is 1. The van der Waals surface area contributed by atoms with Crippen molar-refractivity contribution in [1.29, 1.82) is 0 Å². The molecule has 23 N–H and O–H groups in total. The molecule has 1 aliphatic carbocycles. The number of amides is 12. The molecular weight excluding hydrogens is 1250 g/mol. The molecule has 0 aromatic rings. The third-order valence-electron chi connectivity index (χ3n) is 14.8. The van der Waals surface area contributed by atoms with E-state index in [0.29, 0.717) is 0 Å². The van der Waals surface area contributed by atoms with E-state index in [0.717, 1.165) is 19.1 Å². The summed E-state index contributed by atoms with van der Waals surface area (Å²) in [6.45, 7) is -1.01. The zero-order chi connectivity index (χ0) is 69.9. The maximum absolute atomic E-state index is 14.4. The highest BCUT2D eigenvalue weighted by atomic mass is 16.5. The fourth-order valence-corrected chi connectivity index (χ4v) is 9.83. The van der Waals surface area contributed by atoms with E-state index < -0.39 is 182 Å². The van der Waals surface area contributed by atoms with Gasteiger partial charge in [-0.15, -0.1) is 0 Å². The molecule has 11 unspecified atom stereocenters. The van der Waals surface area contributed by atoms with Gasteiger partial charge in [-0.3, -0.25) is 82.5 Å². The first-order valence-electron chi connectivity index (χ1n) is 29.9. The summed E-state index contributed by atoms with van der Waals surface area (Å²) in [6.07, 6.45) is -5.84. The second kappa shape index (κ2) is 37.6. The van der Waals surface area contributed by atoms with Crippen LogP contribution in [0.15, 0.2) is 28.0 Å². The normalized spacial score (nSPS) is 19.7. The minimum Gasteiger partial charge on any atom is -0.504 e. The third kappa shape index (κ3) is 23.4. The molecule has 94 heavy (non-hydrogen) atoms. The maximum Gasteiger partial charge on any atom is 0.303 e. The van der Waals surface area contributed by atoms with Gasteiger partial charge in [-0.05, 0) is 90.2 Å². The molecule has 3 aliphatic heterocycles. The van der Waals surface area contributed by atoms with Crippen LogP contribution in [0.3, 0.4) is 0 Å². The van der Waals surface area contributed by atoms with Crippen LogP contribution in [0, 0.1) is 0 Å². The number of aromatic hydroxyl groups is 1. The van der Waals surface area contributed by atoms with Crippen molar-refractivity contribution >= 4 is 95.3 Å². The van der Waals surface area contributed by atoms with Gasteiger partial charge in [0.1, 0.15) is 60.2 Å². The Kier molecular flexibility index (Phi) is 30.7. The van der Waals surface area contributed by atoms with Crippen molar-refractivity contribution in [2.45, 2.75) is 157 Å². The van der Waals surface area contributed by atoms with E-state index in [1.807, 2.05) is 0 Å². The van der Waals surface area contributed by atoms with Gasteiger partial charge in [0, 0.05) is 50.8 Å². The number of hydrogen-bond donors (Lipinski definition) is 21. The van der Waals surface area contributed by atoms with Crippen molar-refractivity contribution in [2.24, 2.45) is 16.5 Å². The van der Waals surface area contributed by atoms with E-state index in [-0.39, 0.29) is 136 Å². The number of carbonyl (C=O) groups is 13. The van der Waals surface area contributed by atoms with Crippen molar-refractivity contribution in [1.82, 2.24) is 62.5 Å². The van der Waals surface area contributed by atoms with Gasteiger partial charge in [-0.25, -0.2) is 10.1 Å². The molecule has 0 radical (unpaired) electrons. The summed E-state index contributed by atoms with van der Waals surface area (Å²) >= 11 is 0. The first kappa shape index (κ1) is 76.6. The van der Waals surface area contributed by atoms with Gasteiger partial charge in [0.2, 0.25) is 77.3 Å². The van der Waals surface area contributed by atoms with Crippen LogP contribution in [0.4, 0.5) is 11.5 Å². The average Bonchev–Trinajstić information content (AvgIpc) is 0.751. The van der Waals surface area contributed by atoms with Crippen LogP contribution < -0.4 is 75.4 Å². The monoisotopic (exact) mass is 1330 g/mol. The number of hydrogen-bond acceptors (Lipinski definition) is 23. The van der Waals surface area contributed by atoms with E-state index in [1.54, 1.807) is 0 Å². The number of aliphatic imine (C=N–C) groups is 1. The highest BCUT2D eigenvalue weighted by Gasteiger charge is 2.38. The Bertz CT molecular complexity index is 3090. The molecule has 0 saturated carbocycles. The van der Waals surface area contributed by atoms with Gasteiger partial charge in [-0.1, -0.05) is 0 Å². The van der Waals surface area contributed by atoms with Crippen molar-refractivity contribution in [3.05, 3.63) is 28.4 Å². The average molecular weight is 1330 g/mol. The maximum atomic E-state index is 14.4. The van der Waals surface area contributed by atoms with Crippen molar-refractivity contribution in [2.75, 3.05) is 56.6 Å². The van der Waals surface area contributed by atoms with Gasteiger partial charge in [-0.2, -0.15) is 0 Å². The summed E-state index contributed by atoms with van der Waals surface area (Å²) in [6, 6.07) is -11.8. The molecule has 1 saturated heterocycles. The number of hydroxylamine groups is 4. The summed E-state index contributed by atoms with van der Waals surface area (Å²) in [4.78, 5) is 189. The first-order chi connectivity index (χ1) is 44.5. The van der Waals surface area contributed by atoms with E-state index in [9.17, 15) is 103 Å². The molecule has 4 aliphatic rings. The lowest BCUT2D eigenvalue weighted by Gasteiger charge is -2.34. The Morgan fingerprint density at radius 2 is 1.27 bits per heavy atom. The number of aromatic nitrogens is 1. The van der Waals surface area contributed by atoms with Gasteiger partial charge in [0.05, 0.1) is 43.2 Å². The van der Waals surface area contributed by atoms with Crippen LogP contribution in [0.25, 0.3) is 11.3 Å². The number of guanidine groups is 1. The molecule has 0 bridgehead atoms. The number of phenolic OH excluding ortho intramolecular Hbond substituents is 1. The molecule has 11 atom stereocenters. The highest BCUT2D eigenvalue weighted by molar-refractivity contribution is 6.00. The Labute approximate surface area is 535 Å². The number of benzene rings is 1. The number of nitrogens with two attached hydrogens (primary N) is 2. The molecule has 3 heterocycles. The number of aliphatic carboxylic acids is 1. The second-order valence-corrected chi connectivity index (χ2v) is 22.1. The second-order valence-electron chi connectivity index (χ2n) is 22.1. The predicted molar refractivity (Wildman–Crippen MR) is 324 cm³/mol. The quantitative estimate of drug-likeness (QED) is 0.00808. The number of pyridine rings is 1. The molecule has 4 rings (SSSR count). The van der Waals surface area contributed by atoms with E-state index in [2.05, 4.69) is 63.5 Å². The highest BCUT2D eigenvalue weighted by Crippen LogP contribution is 2.40. The standard InChI is InChI=1S/C55H83N17O22/c1-27(77)43-53(91)59-15-4-3-8-30(46(84)63-33(11-7-19-71(94)26-76)49(87)68-44(28(2)78)54(92)69-43)62-47(85)32(10-6-18-70(93)25-75)65-50(88)35(23-73)66-48(86)31(9-5-16-60-55(56)57)64-51(89)36(24-74)67-52(90)37-14-17-58-45-34(61-41(81)12-13-42(82)83)20-29-21-39(79)40(80)22-38(29)72(37)45/h20-22,25-28,30-33,35-37,43-44,58,73-74,77-79,93-94H,3-19,23-24H2,1-2H3,(H,59,91)(H,61,81)(H,62,85)(H,63,84)(H,64,89)(H,65,88)(H,66,86)(H,67,90)(H,68,87)(H,69,92)(H,82,83)(H4,56,57,60). The number of nitrogens with zero attached hydrogens (tertiary/aromatic N) is 4. The predicted octanol–water partition coefficient (Wildman–Crippen LogP) is -7.95. The lowest BCUT2D eigenvalue weighted by Crippen LogP contribution is -2.62. The van der Waals surface area contributed by atoms with E-state index in [1.165, 1.54) is 17.6 Å². The Hall–Kier alpha value is -9.83. The molecule has 12 amide bonds. The first-order valence-corrected chi connectivity index (χ1v) is 29.9. The molecule has 0 aromatic heterocycles. The van der Waals surface area contributed by atoms with Crippen LogP contribution in [-0.4, -0.2) is 246 Å². The Morgan fingerprint density at radius 3 is 1.87 bits per heavy atom. The summed E-state index contributed by atoms with van der Waals surface area (Å²) in [7, 11) is 0. The molecule has 1 fully saturated rings. The number of nitrogens with one attached hydrogen (secondary N) is 11. The molecule has 0 aromatic carbocycles. The number of carboxylic acid groups (broad SMARTS) is 1. The Morgan fingerprint density at radius 1 is 0.691 bits per heavy atom. The minimum absolute atomic E-state index is 0.00878. The van der Waals surface area contributed by atoms with Crippen molar-refractivity contribution in [3.8, 4) is 17.0 Å². The molecule has 0 spiro atoms. The lowest BCUT2D eigenvalue weighted by atomic mass is 10.0. The number of phenols is 1. The number of aliphatic hydroxyl groups excluding tert-OH is 4. The summed E-state index contributed by atoms with van der Waals surface area (Å²) in [5.41, 5.74) is 10.3. The van der Waals surface area contributed by atoms with Crippen LogP contribution in [0.5, 0.6) is 5.75 Å². The number of aliphatic hydroxyl groups is 4. The fourth-order valence-electron chi connectivity index (χ4n) is 9.83. The Balaban J connectivity index is 1.63. The SMILES string of the molecule is CC(O)C1NC(=O)C(CCCN(O)C=O)NC(=O)C(NC(=O)C(CCCN(O)C=O)NC(=O)C(CO)NC(=O)C(CCCN=C(N)N)NC(=O)C(CO)NC(=O)C2CCNc3c(NC(=O)CCC(=O)O)cc4cc(O)c(=O)cc-4n32)CCCCNC(=O)C(C(C)O)NC1=O. The van der Waals surface area contributed by atoms with E-state index >= 15 is 0 Å². The molecular formula is C55H83N17O22. The number of carbonyl (C=O) groups excluding carboxylic acids is 12. The topological polar surface area (TPSA) is 609 Å². The van der Waals surface area contributed by atoms with Gasteiger partial charge in [0.25, 0.3) is 0 Å². The smallest absolute Gasteiger partial charge is 0.303 e. The lowest BCUT2D eigenvalue weighted by molar-refractivity contribution is -0.150. The largest absolute Gasteiger partial charge is 0.504 e. The number of fused-ring (bicyclic) bond motifs is 3. The third-order valence-corrected chi connectivity index (χ3v) is 14.8. The van der Waals surface area contributed by atoms with Crippen LogP contribution in [0.2, 0.25) is 0 Å². The minimum atomic E-state index is -1.97. The molecule has 39 heteroatoms. The van der Waals surface area contributed by atoms with Crippen molar-refractivity contribution in [3.63, 3.8) is 0 Å². The summed E-state index contributed by atoms with van der Waals surface area (Å²) < 4.78 is 1.29. The van der Waals surface area contributed by atoms with Crippen molar-refractivity contribution < 1.29 is 103 Å². The summed E-state index contributed by atoms with van der Waals surface area (Å²) in [5, 5.41) is 109. The molecule has 39 nitrogen and oxygen atoms in total. The molecule has 520 valence electrons.